The Labute approximate surface area is 117 Å². The van der Waals surface area contributed by atoms with Gasteiger partial charge in [-0.15, -0.1) is 0 Å². The molecule has 0 aliphatic carbocycles. The van der Waals surface area contributed by atoms with Crippen molar-refractivity contribution in [1.29, 1.82) is 0 Å². The number of nitrogens with zero attached hydrogens (tertiary/aromatic N) is 1. The lowest BCUT2D eigenvalue weighted by molar-refractivity contribution is 0.174. The maximum absolute atomic E-state index is 13.6. The van der Waals surface area contributed by atoms with E-state index in [9.17, 15) is 4.39 Å². The van der Waals surface area contributed by atoms with E-state index in [1.807, 2.05) is 19.1 Å². The van der Waals surface area contributed by atoms with Gasteiger partial charge in [0.15, 0.2) is 0 Å². The van der Waals surface area contributed by atoms with Crippen LogP contribution in [-0.4, -0.2) is 30.1 Å². The van der Waals surface area contributed by atoms with Crippen LogP contribution in [-0.2, 0) is 0 Å². The summed E-state index contributed by atoms with van der Waals surface area (Å²) in [6.07, 6.45) is 0. The SMILES string of the molecule is CC(NCCN(C(C)C)C(C)C)c1ccccc1F. The molecule has 0 aliphatic rings. The lowest BCUT2D eigenvalue weighted by atomic mass is 10.1. The molecule has 108 valence electrons. The smallest absolute Gasteiger partial charge is 0.127 e. The van der Waals surface area contributed by atoms with E-state index in [0.29, 0.717) is 12.1 Å². The van der Waals surface area contributed by atoms with Crippen molar-refractivity contribution in [3.63, 3.8) is 0 Å². The average Bonchev–Trinajstić information content (AvgIpc) is 2.33. The van der Waals surface area contributed by atoms with Gasteiger partial charge in [0.05, 0.1) is 0 Å². The van der Waals surface area contributed by atoms with Crippen LogP contribution in [0.3, 0.4) is 0 Å². The molecule has 1 unspecified atom stereocenters. The summed E-state index contributed by atoms with van der Waals surface area (Å²) in [5, 5.41) is 3.40. The Morgan fingerprint density at radius 1 is 1.05 bits per heavy atom. The molecule has 0 fully saturated rings. The van der Waals surface area contributed by atoms with Crippen LogP contribution in [0.5, 0.6) is 0 Å². The van der Waals surface area contributed by atoms with Crippen LogP contribution in [0.2, 0.25) is 0 Å². The van der Waals surface area contributed by atoms with E-state index >= 15 is 0 Å². The first-order chi connectivity index (χ1) is 8.93. The lowest BCUT2D eigenvalue weighted by Gasteiger charge is -2.31. The van der Waals surface area contributed by atoms with Crippen LogP contribution in [0.1, 0.15) is 46.2 Å². The van der Waals surface area contributed by atoms with E-state index in [1.165, 1.54) is 6.07 Å². The first-order valence-electron chi connectivity index (χ1n) is 7.17. The van der Waals surface area contributed by atoms with Gasteiger partial charge >= 0.3 is 0 Å². The second-order valence-corrected chi connectivity index (χ2v) is 5.62. The summed E-state index contributed by atoms with van der Waals surface area (Å²) in [5.74, 6) is -0.132. The molecule has 0 heterocycles. The second kappa shape index (κ2) is 7.61. The minimum absolute atomic E-state index is 0.0439. The fourth-order valence-corrected chi connectivity index (χ4v) is 2.46. The van der Waals surface area contributed by atoms with Crippen molar-refractivity contribution >= 4 is 0 Å². The van der Waals surface area contributed by atoms with Crippen LogP contribution in [0.15, 0.2) is 24.3 Å². The molecule has 1 aromatic carbocycles. The molecule has 0 aromatic heterocycles. The minimum Gasteiger partial charge on any atom is -0.309 e. The number of hydrogen-bond acceptors (Lipinski definition) is 2. The van der Waals surface area contributed by atoms with Crippen molar-refractivity contribution in [3.05, 3.63) is 35.6 Å². The van der Waals surface area contributed by atoms with Crippen LogP contribution in [0.25, 0.3) is 0 Å². The summed E-state index contributed by atoms with van der Waals surface area (Å²) in [6, 6.07) is 8.08. The summed E-state index contributed by atoms with van der Waals surface area (Å²) in [5.41, 5.74) is 0.739. The quantitative estimate of drug-likeness (QED) is 0.811. The second-order valence-electron chi connectivity index (χ2n) is 5.62. The number of nitrogens with one attached hydrogen (secondary N) is 1. The van der Waals surface area contributed by atoms with Crippen molar-refractivity contribution in [3.8, 4) is 0 Å². The van der Waals surface area contributed by atoms with Crippen molar-refractivity contribution in [2.24, 2.45) is 0 Å². The highest BCUT2D eigenvalue weighted by molar-refractivity contribution is 5.20. The summed E-state index contributed by atoms with van der Waals surface area (Å²) in [7, 11) is 0. The molecule has 1 atom stereocenters. The van der Waals surface area contributed by atoms with Gasteiger partial charge < -0.3 is 5.32 Å². The topological polar surface area (TPSA) is 15.3 Å². The third-order valence-electron chi connectivity index (χ3n) is 3.52. The van der Waals surface area contributed by atoms with Crippen LogP contribution in [0.4, 0.5) is 4.39 Å². The summed E-state index contributed by atoms with van der Waals surface area (Å²) in [6.45, 7) is 12.7. The molecule has 1 rings (SSSR count). The fourth-order valence-electron chi connectivity index (χ4n) is 2.46. The molecule has 0 spiro atoms. The molecule has 0 saturated carbocycles. The zero-order chi connectivity index (χ0) is 14.4. The van der Waals surface area contributed by atoms with Gasteiger partial charge in [-0.3, -0.25) is 4.90 Å². The molecule has 2 nitrogen and oxygen atoms in total. The van der Waals surface area contributed by atoms with Gasteiger partial charge in [-0.1, -0.05) is 18.2 Å². The monoisotopic (exact) mass is 266 g/mol. The minimum atomic E-state index is -0.132. The summed E-state index contributed by atoms with van der Waals surface area (Å²) >= 11 is 0. The van der Waals surface area contributed by atoms with E-state index in [0.717, 1.165) is 18.7 Å². The van der Waals surface area contributed by atoms with Crippen molar-refractivity contribution < 1.29 is 4.39 Å². The van der Waals surface area contributed by atoms with E-state index < -0.39 is 0 Å². The molecular weight excluding hydrogens is 239 g/mol. The van der Waals surface area contributed by atoms with Crippen LogP contribution >= 0.6 is 0 Å². The molecule has 1 aromatic rings. The Morgan fingerprint density at radius 2 is 1.63 bits per heavy atom. The molecule has 0 aliphatic heterocycles. The highest BCUT2D eigenvalue weighted by Gasteiger charge is 2.14. The Hall–Kier alpha value is -0.930. The first-order valence-corrected chi connectivity index (χ1v) is 7.17. The van der Waals surface area contributed by atoms with Gasteiger partial charge in [0, 0.05) is 36.8 Å². The Bertz CT molecular complexity index is 369. The molecule has 3 heteroatoms. The van der Waals surface area contributed by atoms with Crippen LogP contribution in [0, 0.1) is 5.82 Å². The lowest BCUT2D eigenvalue weighted by Crippen LogP contribution is -2.41. The summed E-state index contributed by atoms with van der Waals surface area (Å²) < 4.78 is 13.6. The van der Waals surface area contributed by atoms with E-state index in [-0.39, 0.29) is 11.9 Å². The van der Waals surface area contributed by atoms with Gasteiger partial charge in [-0.05, 0) is 40.7 Å². The zero-order valence-corrected chi connectivity index (χ0v) is 12.8. The molecular formula is C16H27FN2. The highest BCUT2D eigenvalue weighted by Crippen LogP contribution is 2.15. The van der Waals surface area contributed by atoms with Crippen molar-refractivity contribution in [2.45, 2.75) is 52.7 Å². The largest absolute Gasteiger partial charge is 0.309 e. The Morgan fingerprint density at radius 3 is 2.16 bits per heavy atom. The molecule has 0 bridgehead atoms. The Balaban J connectivity index is 2.47. The van der Waals surface area contributed by atoms with E-state index in [1.54, 1.807) is 6.07 Å². The predicted octanol–water partition coefficient (Wildman–Crippen LogP) is 3.60. The number of hydrogen-bond donors (Lipinski definition) is 1. The first kappa shape index (κ1) is 16.1. The maximum atomic E-state index is 13.6. The van der Waals surface area contributed by atoms with E-state index in [4.69, 9.17) is 0 Å². The molecule has 1 N–H and O–H groups in total. The van der Waals surface area contributed by atoms with Gasteiger partial charge in [0.2, 0.25) is 0 Å². The van der Waals surface area contributed by atoms with Crippen molar-refractivity contribution in [1.82, 2.24) is 10.2 Å². The van der Waals surface area contributed by atoms with E-state index in [2.05, 4.69) is 37.9 Å². The normalized spacial score (nSPS) is 13.5. The fraction of sp³-hybridized carbons (Fsp3) is 0.625. The highest BCUT2D eigenvalue weighted by atomic mass is 19.1. The van der Waals surface area contributed by atoms with Gasteiger partial charge in [0.1, 0.15) is 5.82 Å². The van der Waals surface area contributed by atoms with Gasteiger partial charge in [0.25, 0.3) is 0 Å². The van der Waals surface area contributed by atoms with Gasteiger partial charge in [-0.25, -0.2) is 4.39 Å². The number of halogens is 1. The zero-order valence-electron chi connectivity index (χ0n) is 12.8. The predicted molar refractivity (Wildman–Crippen MR) is 79.8 cm³/mol. The molecule has 0 amide bonds. The van der Waals surface area contributed by atoms with Crippen molar-refractivity contribution in [2.75, 3.05) is 13.1 Å². The number of benzene rings is 1. The Kier molecular flexibility index (Phi) is 6.46. The number of rotatable bonds is 7. The van der Waals surface area contributed by atoms with Crippen LogP contribution < -0.4 is 5.32 Å². The summed E-state index contributed by atoms with van der Waals surface area (Å²) in [4.78, 5) is 2.43. The van der Waals surface area contributed by atoms with Gasteiger partial charge in [-0.2, -0.15) is 0 Å². The third-order valence-corrected chi connectivity index (χ3v) is 3.52. The standard InChI is InChI=1S/C16H27FN2/c1-12(2)19(13(3)4)11-10-18-14(5)15-8-6-7-9-16(15)17/h6-9,12-14,18H,10-11H2,1-5H3. The molecule has 19 heavy (non-hydrogen) atoms. The molecule has 0 radical (unpaired) electrons. The third kappa shape index (κ3) is 4.92. The maximum Gasteiger partial charge on any atom is 0.127 e. The molecule has 0 saturated heterocycles. The average molecular weight is 266 g/mol.